The third-order valence-corrected chi connectivity index (χ3v) is 3.65. The highest BCUT2D eigenvalue weighted by atomic mass is 79.9. The Morgan fingerprint density at radius 1 is 0.905 bits per heavy atom. The first kappa shape index (κ1) is 16.2. The lowest BCUT2D eigenvalue weighted by atomic mass is 10.0. The van der Waals surface area contributed by atoms with Crippen molar-refractivity contribution in [2.45, 2.75) is 6.54 Å². The first-order valence-electron chi connectivity index (χ1n) is 7.04. The first-order valence-corrected chi connectivity index (χ1v) is 7.83. The Bertz CT molecular complexity index is 525. The van der Waals surface area contributed by atoms with Crippen molar-refractivity contribution in [2.75, 3.05) is 26.4 Å². The van der Waals surface area contributed by atoms with Gasteiger partial charge in [-0.3, -0.25) is 0 Å². The number of benzene rings is 2. The zero-order chi connectivity index (χ0) is 14.9. The molecule has 0 radical (unpaired) electrons. The highest BCUT2D eigenvalue weighted by molar-refractivity contribution is 9.10. The number of hydrogen-bond acceptors (Lipinski definition) is 3. The molecule has 0 unspecified atom stereocenters. The van der Waals surface area contributed by atoms with Crippen LogP contribution in [0.3, 0.4) is 0 Å². The lowest BCUT2D eigenvalue weighted by Crippen LogP contribution is -2.19. The minimum absolute atomic E-state index is 0.0809. The van der Waals surface area contributed by atoms with E-state index in [0.29, 0.717) is 13.2 Å². The van der Waals surface area contributed by atoms with Gasteiger partial charge < -0.3 is 15.2 Å². The zero-order valence-corrected chi connectivity index (χ0v) is 13.5. The van der Waals surface area contributed by atoms with Crippen LogP contribution in [-0.4, -0.2) is 31.5 Å². The zero-order valence-electron chi connectivity index (χ0n) is 11.9. The average Bonchev–Trinajstić information content (AvgIpc) is 2.52. The van der Waals surface area contributed by atoms with Gasteiger partial charge in [-0.05, 0) is 28.8 Å². The molecule has 112 valence electrons. The Hall–Kier alpha value is -1.20. The van der Waals surface area contributed by atoms with Gasteiger partial charge in [-0.15, -0.1) is 0 Å². The van der Waals surface area contributed by atoms with Gasteiger partial charge in [0.25, 0.3) is 0 Å². The Labute approximate surface area is 134 Å². The lowest BCUT2D eigenvalue weighted by Gasteiger charge is -2.07. The summed E-state index contributed by atoms with van der Waals surface area (Å²) >= 11 is 3.45. The molecular formula is C17H20BrNO2. The van der Waals surface area contributed by atoms with E-state index in [1.54, 1.807) is 0 Å². The summed E-state index contributed by atoms with van der Waals surface area (Å²) < 4.78 is 6.28. The molecule has 0 atom stereocenters. The van der Waals surface area contributed by atoms with Gasteiger partial charge in [-0.25, -0.2) is 0 Å². The largest absolute Gasteiger partial charge is 0.394 e. The average molecular weight is 350 g/mol. The Balaban J connectivity index is 1.80. The van der Waals surface area contributed by atoms with E-state index in [9.17, 15) is 0 Å². The second-order valence-electron chi connectivity index (χ2n) is 4.72. The summed E-state index contributed by atoms with van der Waals surface area (Å²) in [5.74, 6) is 0. The number of halogens is 1. The fourth-order valence-corrected chi connectivity index (χ4v) is 2.27. The molecule has 0 saturated heterocycles. The maximum Gasteiger partial charge on any atom is 0.0698 e. The highest BCUT2D eigenvalue weighted by Gasteiger charge is 1.98. The molecule has 2 aromatic rings. The summed E-state index contributed by atoms with van der Waals surface area (Å²) in [5, 5.41) is 11.9. The highest BCUT2D eigenvalue weighted by Crippen LogP contribution is 2.22. The fourth-order valence-electron chi connectivity index (χ4n) is 2.00. The Morgan fingerprint density at radius 3 is 2.14 bits per heavy atom. The number of ether oxygens (including phenoxy) is 1. The van der Waals surface area contributed by atoms with E-state index >= 15 is 0 Å². The summed E-state index contributed by atoms with van der Waals surface area (Å²) in [6.07, 6.45) is 0. The molecule has 2 N–H and O–H groups in total. The van der Waals surface area contributed by atoms with Crippen molar-refractivity contribution in [3.05, 3.63) is 58.6 Å². The SMILES string of the molecule is OCCOCCNCc1ccc(-c2ccc(Br)cc2)cc1. The molecule has 0 fully saturated rings. The van der Waals surface area contributed by atoms with Crippen molar-refractivity contribution in [3.63, 3.8) is 0 Å². The molecule has 0 heterocycles. The van der Waals surface area contributed by atoms with Crippen molar-refractivity contribution in [3.8, 4) is 11.1 Å². The number of rotatable bonds is 8. The van der Waals surface area contributed by atoms with Crippen LogP contribution >= 0.6 is 15.9 Å². The Kier molecular flexibility index (Phi) is 6.89. The molecule has 0 aromatic heterocycles. The van der Waals surface area contributed by atoms with Gasteiger partial charge in [0, 0.05) is 17.6 Å². The molecule has 3 nitrogen and oxygen atoms in total. The van der Waals surface area contributed by atoms with Crippen LogP contribution < -0.4 is 5.32 Å². The predicted octanol–water partition coefficient (Wildman–Crippen LogP) is 3.21. The fraction of sp³-hybridized carbons (Fsp3) is 0.294. The van der Waals surface area contributed by atoms with E-state index in [1.807, 2.05) is 0 Å². The number of hydrogen-bond donors (Lipinski definition) is 2. The maximum absolute atomic E-state index is 8.59. The standard InChI is InChI=1S/C17H20BrNO2/c18-17-7-5-16(6-8-17)15-3-1-14(2-4-15)13-19-9-11-21-12-10-20/h1-8,19-20H,9-13H2. The van der Waals surface area contributed by atoms with Crippen LogP contribution in [0.5, 0.6) is 0 Å². The van der Waals surface area contributed by atoms with Crippen molar-refractivity contribution in [1.29, 1.82) is 0 Å². The molecular weight excluding hydrogens is 330 g/mol. The van der Waals surface area contributed by atoms with Gasteiger partial charge in [0.15, 0.2) is 0 Å². The molecule has 2 rings (SSSR count). The molecule has 0 saturated carbocycles. The molecule has 0 aliphatic rings. The van der Waals surface area contributed by atoms with Crippen LogP contribution in [0, 0.1) is 0 Å². The van der Waals surface area contributed by atoms with Crippen LogP contribution in [0.2, 0.25) is 0 Å². The molecule has 0 spiro atoms. The number of aliphatic hydroxyl groups is 1. The van der Waals surface area contributed by atoms with E-state index in [2.05, 4.69) is 69.8 Å². The summed E-state index contributed by atoms with van der Waals surface area (Å²) in [7, 11) is 0. The van der Waals surface area contributed by atoms with Crippen LogP contribution in [0.25, 0.3) is 11.1 Å². The number of aliphatic hydroxyl groups excluding tert-OH is 1. The van der Waals surface area contributed by atoms with Gasteiger partial charge in [0.1, 0.15) is 0 Å². The second kappa shape index (κ2) is 8.95. The van der Waals surface area contributed by atoms with Gasteiger partial charge in [0.05, 0.1) is 19.8 Å². The van der Waals surface area contributed by atoms with Gasteiger partial charge in [-0.1, -0.05) is 52.3 Å². The third kappa shape index (κ3) is 5.59. The summed E-state index contributed by atoms with van der Waals surface area (Å²) in [5.41, 5.74) is 3.69. The lowest BCUT2D eigenvalue weighted by molar-refractivity contribution is 0.0938. The van der Waals surface area contributed by atoms with E-state index in [4.69, 9.17) is 9.84 Å². The molecule has 21 heavy (non-hydrogen) atoms. The van der Waals surface area contributed by atoms with Crippen molar-refractivity contribution in [1.82, 2.24) is 5.32 Å². The monoisotopic (exact) mass is 349 g/mol. The molecule has 0 aliphatic heterocycles. The second-order valence-corrected chi connectivity index (χ2v) is 5.63. The van der Waals surface area contributed by atoms with E-state index < -0.39 is 0 Å². The van der Waals surface area contributed by atoms with Crippen molar-refractivity contribution in [2.24, 2.45) is 0 Å². The minimum Gasteiger partial charge on any atom is -0.394 e. The van der Waals surface area contributed by atoms with Gasteiger partial charge in [0.2, 0.25) is 0 Å². The van der Waals surface area contributed by atoms with Crippen LogP contribution in [0.15, 0.2) is 53.0 Å². The van der Waals surface area contributed by atoms with Crippen molar-refractivity contribution < 1.29 is 9.84 Å². The summed E-state index contributed by atoms with van der Waals surface area (Å²) in [6.45, 7) is 2.72. The predicted molar refractivity (Wildman–Crippen MR) is 89.2 cm³/mol. The quantitative estimate of drug-likeness (QED) is 0.719. The summed E-state index contributed by atoms with van der Waals surface area (Å²) in [4.78, 5) is 0. The van der Waals surface area contributed by atoms with Crippen LogP contribution in [-0.2, 0) is 11.3 Å². The third-order valence-electron chi connectivity index (χ3n) is 3.12. The minimum atomic E-state index is 0.0809. The van der Waals surface area contributed by atoms with Crippen molar-refractivity contribution >= 4 is 15.9 Å². The molecule has 4 heteroatoms. The van der Waals surface area contributed by atoms with Gasteiger partial charge in [-0.2, -0.15) is 0 Å². The molecule has 0 bridgehead atoms. The van der Waals surface area contributed by atoms with Crippen LogP contribution in [0.4, 0.5) is 0 Å². The normalized spacial score (nSPS) is 10.8. The van der Waals surface area contributed by atoms with Gasteiger partial charge >= 0.3 is 0 Å². The van der Waals surface area contributed by atoms with E-state index in [-0.39, 0.29) is 6.61 Å². The Morgan fingerprint density at radius 2 is 1.52 bits per heavy atom. The molecule has 0 amide bonds. The summed E-state index contributed by atoms with van der Waals surface area (Å²) in [6, 6.07) is 16.9. The van der Waals surface area contributed by atoms with E-state index in [1.165, 1.54) is 16.7 Å². The van der Waals surface area contributed by atoms with E-state index in [0.717, 1.165) is 17.6 Å². The molecule has 2 aromatic carbocycles. The maximum atomic E-state index is 8.59. The van der Waals surface area contributed by atoms with Crippen LogP contribution in [0.1, 0.15) is 5.56 Å². The molecule has 0 aliphatic carbocycles. The smallest absolute Gasteiger partial charge is 0.0698 e. The topological polar surface area (TPSA) is 41.5 Å². The number of nitrogens with one attached hydrogen (secondary N) is 1. The first-order chi connectivity index (χ1) is 10.3.